The van der Waals surface area contributed by atoms with Gasteiger partial charge in [-0.2, -0.15) is 0 Å². The molecule has 0 aromatic heterocycles. The Labute approximate surface area is 117 Å². The maximum Gasteiger partial charge on any atom is 0.309 e. The molecule has 20 heavy (non-hydrogen) atoms. The van der Waals surface area contributed by atoms with Crippen LogP contribution in [0.2, 0.25) is 0 Å². The zero-order chi connectivity index (χ0) is 14.3. The van der Waals surface area contributed by atoms with Crippen molar-refractivity contribution in [2.75, 3.05) is 6.61 Å². The molecule has 3 rings (SSSR count). The summed E-state index contributed by atoms with van der Waals surface area (Å²) in [5, 5.41) is 10.3. The summed E-state index contributed by atoms with van der Waals surface area (Å²) in [5.74, 6) is -1.03. The fraction of sp³-hybridized carbons (Fsp3) is 0.500. The van der Waals surface area contributed by atoms with E-state index in [1.54, 1.807) is 6.92 Å². The lowest BCUT2D eigenvalue weighted by molar-refractivity contribution is -0.147. The first-order valence-corrected chi connectivity index (χ1v) is 7.08. The maximum atomic E-state index is 12.3. The van der Waals surface area contributed by atoms with Gasteiger partial charge in [0, 0.05) is 11.8 Å². The predicted octanol–water partition coefficient (Wildman–Crippen LogP) is 1.73. The van der Waals surface area contributed by atoms with Gasteiger partial charge in [0.05, 0.1) is 18.6 Å². The lowest BCUT2D eigenvalue weighted by atomic mass is 9.89. The molecule has 2 aliphatic rings. The fourth-order valence-corrected chi connectivity index (χ4v) is 3.44. The highest BCUT2D eigenvalue weighted by atomic mass is 16.5. The Morgan fingerprint density at radius 3 is 2.65 bits per heavy atom. The van der Waals surface area contributed by atoms with E-state index in [4.69, 9.17) is 4.74 Å². The van der Waals surface area contributed by atoms with Gasteiger partial charge in [0.25, 0.3) is 0 Å². The number of rotatable bonds is 4. The number of benzene rings is 1. The summed E-state index contributed by atoms with van der Waals surface area (Å²) in [6.07, 6.45) is -0.178. The number of aliphatic hydroxyl groups is 1. The lowest BCUT2D eigenvalue weighted by Crippen LogP contribution is -2.24. The van der Waals surface area contributed by atoms with Gasteiger partial charge in [0.1, 0.15) is 5.78 Å². The number of carbonyl (C=O) groups excluding carboxylic acids is 2. The molecule has 1 aromatic rings. The van der Waals surface area contributed by atoms with Gasteiger partial charge < -0.3 is 9.84 Å². The summed E-state index contributed by atoms with van der Waals surface area (Å²) in [4.78, 5) is 24.0. The van der Waals surface area contributed by atoms with Crippen LogP contribution in [0.1, 0.15) is 25.0 Å². The van der Waals surface area contributed by atoms with Gasteiger partial charge in [0.2, 0.25) is 0 Å². The first kappa shape index (κ1) is 13.3. The van der Waals surface area contributed by atoms with Crippen LogP contribution < -0.4 is 0 Å². The van der Waals surface area contributed by atoms with E-state index in [2.05, 4.69) is 0 Å². The van der Waals surface area contributed by atoms with Gasteiger partial charge in [-0.1, -0.05) is 30.3 Å². The van der Waals surface area contributed by atoms with E-state index in [1.165, 1.54) is 0 Å². The second-order valence-corrected chi connectivity index (χ2v) is 5.57. The molecule has 106 valence electrons. The SMILES string of the molecule is CCOC(=O)C1[C@H]2C(=O)[C@H](C(O)c3ccccc3)C[C@@H]12. The Bertz CT molecular complexity index is 525. The van der Waals surface area contributed by atoms with E-state index < -0.39 is 6.10 Å². The van der Waals surface area contributed by atoms with Crippen LogP contribution in [0.5, 0.6) is 0 Å². The van der Waals surface area contributed by atoms with Crippen molar-refractivity contribution >= 4 is 11.8 Å². The van der Waals surface area contributed by atoms with Crippen LogP contribution in [-0.2, 0) is 14.3 Å². The van der Waals surface area contributed by atoms with Crippen LogP contribution in [0.4, 0.5) is 0 Å². The van der Waals surface area contributed by atoms with Crippen molar-refractivity contribution in [3.8, 4) is 0 Å². The van der Waals surface area contributed by atoms with Gasteiger partial charge in [-0.25, -0.2) is 0 Å². The van der Waals surface area contributed by atoms with Crippen molar-refractivity contribution in [1.29, 1.82) is 0 Å². The topological polar surface area (TPSA) is 63.6 Å². The molecule has 0 saturated heterocycles. The van der Waals surface area contributed by atoms with E-state index in [1.807, 2.05) is 30.3 Å². The summed E-state index contributed by atoms with van der Waals surface area (Å²) >= 11 is 0. The number of Topliss-reactive ketones (excluding diaryl/α,β-unsaturated/α-hetero) is 1. The summed E-state index contributed by atoms with van der Waals surface area (Å²) < 4.78 is 4.98. The van der Waals surface area contributed by atoms with Gasteiger partial charge in [-0.3, -0.25) is 9.59 Å². The molecule has 0 spiro atoms. The third-order valence-corrected chi connectivity index (χ3v) is 4.47. The third kappa shape index (κ3) is 2.04. The number of ether oxygens (including phenoxy) is 1. The summed E-state index contributed by atoms with van der Waals surface area (Å²) in [7, 11) is 0. The molecule has 0 heterocycles. The Morgan fingerprint density at radius 1 is 1.40 bits per heavy atom. The third-order valence-electron chi connectivity index (χ3n) is 4.47. The predicted molar refractivity (Wildman–Crippen MR) is 71.6 cm³/mol. The van der Waals surface area contributed by atoms with Crippen molar-refractivity contribution in [2.24, 2.45) is 23.7 Å². The number of aliphatic hydroxyl groups excluding tert-OH is 1. The van der Waals surface area contributed by atoms with Crippen LogP contribution in [0.3, 0.4) is 0 Å². The molecule has 0 amide bonds. The van der Waals surface area contributed by atoms with Crippen molar-refractivity contribution in [3.05, 3.63) is 35.9 Å². The normalized spacial score (nSPS) is 32.6. The molecular weight excluding hydrogens is 256 g/mol. The molecule has 2 fully saturated rings. The Hall–Kier alpha value is -1.68. The maximum absolute atomic E-state index is 12.3. The number of hydrogen-bond donors (Lipinski definition) is 1. The van der Waals surface area contributed by atoms with E-state index in [9.17, 15) is 14.7 Å². The minimum Gasteiger partial charge on any atom is -0.466 e. The summed E-state index contributed by atoms with van der Waals surface area (Å²) in [6.45, 7) is 2.11. The first-order valence-electron chi connectivity index (χ1n) is 7.08. The fourth-order valence-electron chi connectivity index (χ4n) is 3.44. The van der Waals surface area contributed by atoms with Crippen molar-refractivity contribution in [3.63, 3.8) is 0 Å². The van der Waals surface area contributed by atoms with Crippen molar-refractivity contribution in [1.82, 2.24) is 0 Å². The zero-order valence-electron chi connectivity index (χ0n) is 11.4. The second-order valence-electron chi connectivity index (χ2n) is 5.57. The molecule has 1 aromatic carbocycles. The standard InChI is InChI=1S/C16H18O4/c1-2-20-16(19)13-10-8-11(15(18)12(10)13)14(17)9-6-4-3-5-7-9/h3-7,10-14,17H,2,8H2,1H3/t10-,11+,12+,13?,14?/m1/s1. The van der Waals surface area contributed by atoms with Crippen LogP contribution in [-0.4, -0.2) is 23.5 Å². The second kappa shape index (κ2) is 5.02. The van der Waals surface area contributed by atoms with Crippen molar-refractivity contribution < 1.29 is 19.4 Å². The molecule has 4 heteroatoms. The number of fused-ring (bicyclic) bond motifs is 1. The minimum absolute atomic E-state index is 0.0180. The number of ketones is 1. The van der Waals surface area contributed by atoms with Crippen LogP contribution in [0.25, 0.3) is 0 Å². The summed E-state index contributed by atoms with van der Waals surface area (Å²) in [6, 6.07) is 9.22. The molecule has 0 radical (unpaired) electrons. The van der Waals surface area contributed by atoms with Gasteiger partial charge in [-0.05, 0) is 24.8 Å². The molecule has 2 saturated carbocycles. The Morgan fingerprint density at radius 2 is 2.10 bits per heavy atom. The number of esters is 1. The van der Waals surface area contributed by atoms with Gasteiger partial charge in [-0.15, -0.1) is 0 Å². The van der Waals surface area contributed by atoms with E-state index in [0.717, 1.165) is 5.56 Å². The van der Waals surface area contributed by atoms with E-state index >= 15 is 0 Å². The molecule has 4 nitrogen and oxygen atoms in total. The molecule has 2 aliphatic carbocycles. The zero-order valence-corrected chi connectivity index (χ0v) is 11.4. The highest BCUT2D eigenvalue weighted by Crippen LogP contribution is 2.59. The number of carbonyl (C=O) groups is 2. The van der Waals surface area contributed by atoms with Gasteiger partial charge >= 0.3 is 5.97 Å². The average molecular weight is 274 g/mol. The van der Waals surface area contributed by atoms with Gasteiger partial charge in [0.15, 0.2) is 0 Å². The highest BCUT2D eigenvalue weighted by Gasteiger charge is 2.66. The Kier molecular flexibility index (Phi) is 3.34. The molecular formula is C16H18O4. The molecule has 1 N–H and O–H groups in total. The van der Waals surface area contributed by atoms with Crippen LogP contribution >= 0.6 is 0 Å². The molecule has 5 atom stereocenters. The smallest absolute Gasteiger partial charge is 0.309 e. The first-order chi connectivity index (χ1) is 9.65. The lowest BCUT2D eigenvalue weighted by Gasteiger charge is -2.19. The van der Waals surface area contributed by atoms with Crippen LogP contribution in [0, 0.1) is 23.7 Å². The van der Waals surface area contributed by atoms with Crippen molar-refractivity contribution in [2.45, 2.75) is 19.4 Å². The largest absolute Gasteiger partial charge is 0.466 e. The summed E-state index contributed by atoms with van der Waals surface area (Å²) in [5.41, 5.74) is 0.764. The van der Waals surface area contributed by atoms with E-state index in [-0.39, 0.29) is 35.4 Å². The molecule has 0 bridgehead atoms. The van der Waals surface area contributed by atoms with Crippen LogP contribution in [0.15, 0.2) is 30.3 Å². The molecule has 0 aliphatic heterocycles. The quantitative estimate of drug-likeness (QED) is 0.849. The average Bonchev–Trinajstić information content (AvgIpc) is 3.09. The minimum atomic E-state index is -0.764. The molecule has 2 unspecified atom stereocenters. The highest BCUT2D eigenvalue weighted by molar-refractivity contribution is 5.96. The van der Waals surface area contributed by atoms with E-state index in [0.29, 0.717) is 13.0 Å². The monoisotopic (exact) mass is 274 g/mol. The number of hydrogen-bond acceptors (Lipinski definition) is 4. The Balaban J connectivity index is 1.67.